The second kappa shape index (κ2) is 5.04. The van der Waals surface area contributed by atoms with Gasteiger partial charge in [-0.1, -0.05) is 24.3 Å². The third-order valence-corrected chi connectivity index (χ3v) is 3.78. The van der Waals surface area contributed by atoms with E-state index in [1.54, 1.807) is 30.3 Å². The van der Waals surface area contributed by atoms with Crippen LogP contribution in [0.1, 0.15) is 0 Å². The Morgan fingerprint density at radius 2 is 1.57 bits per heavy atom. The second-order valence-corrected chi connectivity index (χ2v) is 5.01. The monoisotopic (exact) mass is 300 g/mol. The Kier molecular flexibility index (Phi) is 2.88. The molecule has 1 aromatic heterocycles. The quantitative estimate of drug-likeness (QED) is 0.399. The first-order chi connectivity index (χ1) is 11.3. The number of fused-ring (bicyclic) bond motifs is 5. The van der Waals surface area contributed by atoms with E-state index < -0.39 is 0 Å². The van der Waals surface area contributed by atoms with Crippen LogP contribution in [0.2, 0.25) is 0 Å². The summed E-state index contributed by atoms with van der Waals surface area (Å²) < 4.78 is 5.95. The lowest BCUT2D eigenvalue weighted by Crippen LogP contribution is -1.76. The summed E-state index contributed by atoms with van der Waals surface area (Å²) in [5.74, 6) is 0. The molecule has 0 radical (unpaired) electrons. The first kappa shape index (κ1) is 13.2. The van der Waals surface area contributed by atoms with Gasteiger partial charge in [0.05, 0.1) is 11.4 Å². The van der Waals surface area contributed by atoms with Crippen molar-refractivity contribution in [3.8, 4) is 0 Å². The van der Waals surface area contributed by atoms with Crippen LogP contribution in [-0.4, -0.2) is 12.2 Å². The highest BCUT2D eigenvalue weighted by Crippen LogP contribution is 2.39. The van der Waals surface area contributed by atoms with Crippen LogP contribution in [0.15, 0.2) is 62.9 Å². The van der Waals surface area contributed by atoms with Crippen molar-refractivity contribution < 1.29 is 14.0 Å². The summed E-state index contributed by atoms with van der Waals surface area (Å²) >= 11 is 0. The van der Waals surface area contributed by atoms with E-state index in [1.807, 2.05) is 24.3 Å². The number of isocyanates is 2. The fourth-order valence-electron chi connectivity index (χ4n) is 2.83. The minimum Gasteiger partial charge on any atom is -0.455 e. The van der Waals surface area contributed by atoms with Crippen molar-refractivity contribution in [2.75, 3.05) is 0 Å². The number of carbonyl (C=O) groups excluding carboxylic acids is 2. The Morgan fingerprint density at radius 1 is 0.783 bits per heavy atom. The van der Waals surface area contributed by atoms with Crippen LogP contribution < -0.4 is 0 Å². The smallest absolute Gasteiger partial charge is 0.240 e. The van der Waals surface area contributed by atoms with Crippen LogP contribution in [0.3, 0.4) is 0 Å². The number of nitrogens with zero attached hydrogens (tertiary/aromatic N) is 2. The SMILES string of the molecule is O=C=Nc1ccc2oc3c4ccccc4c(N=C=O)cc3c2c1. The van der Waals surface area contributed by atoms with Crippen molar-refractivity contribution in [3.05, 3.63) is 48.5 Å². The number of hydrogen-bond acceptors (Lipinski definition) is 5. The van der Waals surface area contributed by atoms with Crippen LogP contribution in [0.5, 0.6) is 0 Å². The van der Waals surface area contributed by atoms with E-state index >= 15 is 0 Å². The maximum Gasteiger partial charge on any atom is 0.240 e. The Morgan fingerprint density at radius 3 is 2.35 bits per heavy atom. The molecule has 5 heteroatoms. The molecule has 0 amide bonds. The molecule has 0 aliphatic carbocycles. The van der Waals surface area contributed by atoms with E-state index in [0.717, 1.165) is 21.5 Å². The van der Waals surface area contributed by atoms with Crippen molar-refractivity contribution in [1.82, 2.24) is 0 Å². The third kappa shape index (κ3) is 1.97. The molecule has 23 heavy (non-hydrogen) atoms. The minimum atomic E-state index is 0.490. The summed E-state index contributed by atoms with van der Waals surface area (Å²) in [4.78, 5) is 28.6. The maximum absolute atomic E-state index is 10.7. The minimum absolute atomic E-state index is 0.490. The van der Waals surface area contributed by atoms with Gasteiger partial charge in [0.2, 0.25) is 12.2 Å². The Labute approximate surface area is 129 Å². The summed E-state index contributed by atoms with van der Waals surface area (Å²) in [7, 11) is 0. The predicted octanol–water partition coefficient (Wildman–Crippen LogP) is 4.67. The molecule has 0 aliphatic rings. The van der Waals surface area contributed by atoms with Crippen molar-refractivity contribution >= 4 is 56.2 Å². The first-order valence-electron chi connectivity index (χ1n) is 6.85. The molecule has 0 unspecified atom stereocenters. The Bertz CT molecular complexity index is 1180. The number of benzene rings is 3. The molecular formula is C18H8N2O3. The lowest BCUT2D eigenvalue weighted by molar-refractivity contribution is 0.564. The molecule has 0 atom stereocenters. The van der Waals surface area contributed by atoms with Gasteiger partial charge in [0, 0.05) is 21.5 Å². The molecule has 4 aromatic rings. The van der Waals surface area contributed by atoms with E-state index in [4.69, 9.17) is 4.42 Å². The van der Waals surface area contributed by atoms with Gasteiger partial charge >= 0.3 is 0 Å². The highest BCUT2D eigenvalue weighted by molar-refractivity contribution is 6.18. The molecule has 5 nitrogen and oxygen atoms in total. The Hall–Kier alpha value is -3.52. The largest absolute Gasteiger partial charge is 0.455 e. The molecule has 108 valence electrons. The van der Waals surface area contributed by atoms with E-state index in [0.29, 0.717) is 22.5 Å². The predicted molar refractivity (Wildman–Crippen MR) is 86.8 cm³/mol. The molecule has 0 saturated carbocycles. The van der Waals surface area contributed by atoms with Crippen LogP contribution >= 0.6 is 0 Å². The van der Waals surface area contributed by atoms with Gasteiger partial charge in [-0.25, -0.2) is 9.59 Å². The third-order valence-electron chi connectivity index (χ3n) is 3.78. The molecular weight excluding hydrogens is 292 g/mol. The van der Waals surface area contributed by atoms with Crippen molar-refractivity contribution in [1.29, 1.82) is 0 Å². The van der Waals surface area contributed by atoms with Gasteiger partial charge in [-0.3, -0.25) is 0 Å². The highest BCUT2D eigenvalue weighted by Gasteiger charge is 2.13. The second-order valence-electron chi connectivity index (χ2n) is 5.01. The zero-order valence-corrected chi connectivity index (χ0v) is 11.7. The first-order valence-corrected chi connectivity index (χ1v) is 6.85. The maximum atomic E-state index is 10.7. The van der Waals surface area contributed by atoms with Crippen molar-refractivity contribution in [2.45, 2.75) is 0 Å². The average Bonchev–Trinajstić information content (AvgIpc) is 2.94. The van der Waals surface area contributed by atoms with Crippen LogP contribution in [-0.2, 0) is 9.59 Å². The van der Waals surface area contributed by atoms with Gasteiger partial charge in [0.15, 0.2) is 0 Å². The van der Waals surface area contributed by atoms with Gasteiger partial charge in [0.25, 0.3) is 0 Å². The standard InChI is InChI=1S/C18H8N2O3/c21-9-19-11-5-6-17-14(7-11)15-8-16(20-10-22)12-3-1-2-4-13(12)18(15)23-17/h1-8H. The summed E-state index contributed by atoms with van der Waals surface area (Å²) in [6.07, 6.45) is 3.11. The zero-order valence-electron chi connectivity index (χ0n) is 11.7. The summed E-state index contributed by atoms with van der Waals surface area (Å²) in [5.41, 5.74) is 2.38. The van der Waals surface area contributed by atoms with Gasteiger partial charge in [-0.05, 0) is 24.3 Å². The van der Waals surface area contributed by atoms with Gasteiger partial charge in [-0.2, -0.15) is 9.98 Å². The molecule has 0 spiro atoms. The van der Waals surface area contributed by atoms with Crippen molar-refractivity contribution in [3.63, 3.8) is 0 Å². The van der Waals surface area contributed by atoms with Crippen LogP contribution in [0, 0.1) is 0 Å². The molecule has 0 N–H and O–H groups in total. The molecule has 0 bridgehead atoms. The van der Waals surface area contributed by atoms with E-state index in [2.05, 4.69) is 9.98 Å². The topological polar surface area (TPSA) is 72.0 Å². The molecule has 0 aliphatic heterocycles. The van der Waals surface area contributed by atoms with E-state index in [1.165, 1.54) is 6.08 Å². The highest BCUT2D eigenvalue weighted by atomic mass is 16.3. The zero-order chi connectivity index (χ0) is 15.8. The average molecular weight is 300 g/mol. The lowest BCUT2D eigenvalue weighted by Gasteiger charge is -2.01. The van der Waals surface area contributed by atoms with Crippen LogP contribution in [0.4, 0.5) is 11.4 Å². The summed E-state index contributed by atoms with van der Waals surface area (Å²) in [6, 6.07) is 14.5. The van der Waals surface area contributed by atoms with E-state index in [-0.39, 0.29) is 0 Å². The fourth-order valence-corrected chi connectivity index (χ4v) is 2.83. The number of furan rings is 1. The summed E-state index contributed by atoms with van der Waals surface area (Å²) in [6.45, 7) is 0. The van der Waals surface area contributed by atoms with E-state index in [9.17, 15) is 9.59 Å². The number of hydrogen-bond donors (Lipinski definition) is 0. The summed E-state index contributed by atoms with van der Waals surface area (Å²) in [5, 5.41) is 3.27. The molecule has 3 aromatic carbocycles. The van der Waals surface area contributed by atoms with Gasteiger partial charge in [-0.15, -0.1) is 0 Å². The number of rotatable bonds is 2. The lowest BCUT2D eigenvalue weighted by atomic mass is 10.0. The Balaban J connectivity index is 2.23. The molecule has 0 fully saturated rings. The van der Waals surface area contributed by atoms with Crippen molar-refractivity contribution in [2.24, 2.45) is 9.98 Å². The normalized spacial score (nSPS) is 10.6. The van der Waals surface area contributed by atoms with Crippen LogP contribution in [0.25, 0.3) is 32.7 Å². The molecule has 0 saturated heterocycles. The van der Waals surface area contributed by atoms with Gasteiger partial charge in [0.1, 0.15) is 11.2 Å². The molecule has 4 rings (SSSR count). The molecule has 1 heterocycles. The fraction of sp³-hybridized carbons (Fsp3) is 0. The van der Waals surface area contributed by atoms with Gasteiger partial charge < -0.3 is 4.42 Å². The number of aliphatic imine (C=N–C) groups is 2.